The Morgan fingerprint density at radius 2 is 1.91 bits per heavy atom. The molecule has 2 nitrogen and oxygen atoms in total. The molecule has 2 heterocycles. The molecule has 0 amide bonds. The molecule has 4 heteroatoms. The maximum absolute atomic E-state index is 6.22. The third-order valence-electron chi connectivity index (χ3n) is 4.68. The molecule has 2 aromatic rings. The number of nitrogens with one attached hydrogen (secondary N) is 1. The average molecular weight is 334 g/mol. The Labute approximate surface area is 140 Å². The molecule has 22 heavy (non-hydrogen) atoms. The number of fused-ring (bicyclic) bond motifs is 3. The van der Waals surface area contributed by atoms with Gasteiger partial charge in [0.1, 0.15) is 0 Å². The van der Waals surface area contributed by atoms with Crippen LogP contribution in [0.3, 0.4) is 0 Å². The zero-order valence-electron chi connectivity index (χ0n) is 12.1. The summed E-state index contributed by atoms with van der Waals surface area (Å²) in [4.78, 5) is 0. The van der Waals surface area contributed by atoms with Crippen molar-refractivity contribution in [2.24, 2.45) is 5.92 Å². The minimum Gasteiger partial charge on any atom is -0.378 e. The lowest BCUT2D eigenvalue weighted by atomic mass is 9.77. The first-order valence-corrected chi connectivity index (χ1v) is 8.41. The van der Waals surface area contributed by atoms with Gasteiger partial charge < -0.3 is 10.1 Å². The summed E-state index contributed by atoms with van der Waals surface area (Å²) in [7, 11) is 0. The summed E-state index contributed by atoms with van der Waals surface area (Å²) < 4.78 is 6.11. The largest absolute Gasteiger partial charge is 0.378 e. The van der Waals surface area contributed by atoms with Crippen LogP contribution in [0.2, 0.25) is 10.0 Å². The minimum atomic E-state index is 0.158. The van der Waals surface area contributed by atoms with Gasteiger partial charge in [-0.1, -0.05) is 47.5 Å². The number of ether oxygens (including phenoxy) is 1. The molecule has 0 spiro atoms. The zero-order chi connectivity index (χ0) is 15.1. The van der Waals surface area contributed by atoms with E-state index in [4.69, 9.17) is 27.9 Å². The first-order chi connectivity index (χ1) is 10.7. The Kier molecular flexibility index (Phi) is 3.77. The smallest absolute Gasteiger partial charge is 0.0895 e. The summed E-state index contributed by atoms with van der Waals surface area (Å²) in [5, 5.41) is 4.88. The van der Waals surface area contributed by atoms with Crippen LogP contribution in [0, 0.1) is 5.92 Å². The molecule has 0 unspecified atom stereocenters. The highest BCUT2D eigenvalue weighted by atomic mass is 35.5. The standard InChI is InChI=1S/C18H17Cl2NO/c19-14-8-7-11(10-15(14)20)17-13-5-3-9-22-18(13)12-4-1-2-6-16(12)21-17/h1-2,4,6-8,10,13,17-18,21H,3,5,9H2/t13-,17-,18+/m1/s1. The molecular formula is C18H17Cl2NO. The second-order valence-corrected chi connectivity index (χ2v) is 6.79. The second kappa shape index (κ2) is 5.77. The van der Waals surface area contributed by atoms with E-state index in [1.807, 2.05) is 12.1 Å². The fraction of sp³-hybridized carbons (Fsp3) is 0.333. The van der Waals surface area contributed by atoms with Gasteiger partial charge in [-0.15, -0.1) is 0 Å². The molecule has 1 fully saturated rings. The molecule has 3 atom stereocenters. The molecule has 1 N–H and O–H groups in total. The predicted octanol–water partition coefficient (Wildman–Crippen LogP) is 5.63. The lowest BCUT2D eigenvalue weighted by Gasteiger charge is -2.43. The first kappa shape index (κ1) is 14.4. The number of benzene rings is 2. The lowest BCUT2D eigenvalue weighted by molar-refractivity contribution is -0.0381. The Morgan fingerprint density at radius 1 is 1.05 bits per heavy atom. The van der Waals surface area contributed by atoms with E-state index in [0.717, 1.165) is 25.1 Å². The summed E-state index contributed by atoms with van der Waals surface area (Å²) in [6.07, 6.45) is 2.41. The van der Waals surface area contributed by atoms with Crippen molar-refractivity contribution in [1.82, 2.24) is 0 Å². The van der Waals surface area contributed by atoms with Gasteiger partial charge in [-0.3, -0.25) is 0 Å². The first-order valence-electron chi connectivity index (χ1n) is 7.66. The van der Waals surface area contributed by atoms with E-state index in [1.165, 1.54) is 11.1 Å². The molecule has 0 bridgehead atoms. The van der Waals surface area contributed by atoms with Gasteiger partial charge in [0, 0.05) is 23.8 Å². The van der Waals surface area contributed by atoms with Crippen LogP contribution in [0.4, 0.5) is 5.69 Å². The van der Waals surface area contributed by atoms with Crippen LogP contribution in [-0.2, 0) is 4.74 Å². The number of halogens is 2. The van der Waals surface area contributed by atoms with Crippen molar-refractivity contribution in [2.75, 3.05) is 11.9 Å². The zero-order valence-corrected chi connectivity index (χ0v) is 13.6. The fourth-order valence-corrected chi connectivity index (χ4v) is 3.96. The van der Waals surface area contributed by atoms with Gasteiger partial charge in [0.15, 0.2) is 0 Å². The molecule has 0 saturated carbocycles. The molecule has 2 aromatic carbocycles. The van der Waals surface area contributed by atoms with Gasteiger partial charge in [0.2, 0.25) is 0 Å². The van der Waals surface area contributed by atoms with Gasteiger partial charge in [-0.05, 0) is 36.6 Å². The Hall–Kier alpha value is -1.22. The topological polar surface area (TPSA) is 21.3 Å². The van der Waals surface area contributed by atoms with E-state index in [9.17, 15) is 0 Å². The van der Waals surface area contributed by atoms with Crippen molar-refractivity contribution in [3.63, 3.8) is 0 Å². The molecule has 114 valence electrons. The summed E-state index contributed by atoms with van der Waals surface area (Å²) in [6, 6.07) is 14.5. The normalized spacial score (nSPS) is 26.7. The van der Waals surface area contributed by atoms with Gasteiger partial charge >= 0.3 is 0 Å². The summed E-state index contributed by atoms with van der Waals surface area (Å²) in [6.45, 7) is 0.837. The molecule has 4 rings (SSSR count). The summed E-state index contributed by atoms with van der Waals surface area (Å²) in [5.74, 6) is 0.417. The second-order valence-electron chi connectivity index (χ2n) is 5.98. The highest BCUT2D eigenvalue weighted by molar-refractivity contribution is 6.42. The number of rotatable bonds is 1. The van der Waals surface area contributed by atoms with Crippen LogP contribution in [0.25, 0.3) is 0 Å². The molecule has 0 radical (unpaired) electrons. The van der Waals surface area contributed by atoms with Crippen molar-refractivity contribution < 1.29 is 4.74 Å². The molecule has 2 aliphatic heterocycles. The molecular weight excluding hydrogens is 317 g/mol. The van der Waals surface area contributed by atoms with Crippen molar-refractivity contribution in [1.29, 1.82) is 0 Å². The number of hydrogen-bond acceptors (Lipinski definition) is 2. The van der Waals surface area contributed by atoms with Crippen molar-refractivity contribution in [3.8, 4) is 0 Å². The van der Waals surface area contributed by atoms with Crippen LogP contribution >= 0.6 is 23.2 Å². The Balaban J connectivity index is 1.77. The van der Waals surface area contributed by atoms with Gasteiger partial charge in [-0.2, -0.15) is 0 Å². The summed E-state index contributed by atoms with van der Waals surface area (Å²) in [5.41, 5.74) is 3.59. The lowest BCUT2D eigenvalue weighted by Crippen LogP contribution is -2.35. The highest BCUT2D eigenvalue weighted by Crippen LogP contribution is 2.49. The van der Waals surface area contributed by atoms with Crippen molar-refractivity contribution in [3.05, 3.63) is 63.6 Å². The van der Waals surface area contributed by atoms with Gasteiger partial charge in [-0.25, -0.2) is 0 Å². The van der Waals surface area contributed by atoms with Gasteiger partial charge in [0.25, 0.3) is 0 Å². The van der Waals surface area contributed by atoms with Crippen LogP contribution in [0.5, 0.6) is 0 Å². The van der Waals surface area contributed by atoms with Crippen LogP contribution in [-0.4, -0.2) is 6.61 Å². The minimum absolute atomic E-state index is 0.158. The van der Waals surface area contributed by atoms with E-state index >= 15 is 0 Å². The fourth-order valence-electron chi connectivity index (χ4n) is 3.65. The predicted molar refractivity (Wildman–Crippen MR) is 90.7 cm³/mol. The quantitative estimate of drug-likeness (QED) is 0.730. The van der Waals surface area contributed by atoms with Gasteiger partial charge in [0.05, 0.1) is 22.2 Å². The number of para-hydroxylation sites is 1. The molecule has 0 aliphatic carbocycles. The number of hydrogen-bond donors (Lipinski definition) is 1. The molecule has 0 aromatic heterocycles. The Bertz CT molecular complexity index is 703. The third kappa shape index (κ3) is 2.40. The third-order valence-corrected chi connectivity index (χ3v) is 5.42. The van der Waals surface area contributed by atoms with Crippen molar-refractivity contribution >= 4 is 28.9 Å². The van der Waals surface area contributed by atoms with Crippen LogP contribution in [0.1, 0.15) is 36.1 Å². The Morgan fingerprint density at radius 3 is 2.77 bits per heavy atom. The highest BCUT2D eigenvalue weighted by Gasteiger charge is 2.39. The van der Waals surface area contributed by atoms with E-state index in [0.29, 0.717) is 16.0 Å². The SMILES string of the molecule is Clc1ccc([C@H]2Nc3ccccc3[C@@H]3OCCC[C@H]23)cc1Cl. The van der Waals surface area contributed by atoms with E-state index in [2.05, 4.69) is 35.6 Å². The summed E-state index contributed by atoms with van der Waals surface area (Å²) >= 11 is 12.3. The maximum Gasteiger partial charge on any atom is 0.0895 e. The van der Waals surface area contributed by atoms with E-state index in [-0.39, 0.29) is 12.1 Å². The van der Waals surface area contributed by atoms with E-state index in [1.54, 1.807) is 0 Å². The molecule has 1 saturated heterocycles. The van der Waals surface area contributed by atoms with Crippen LogP contribution in [0.15, 0.2) is 42.5 Å². The number of anilines is 1. The average Bonchev–Trinajstić information content (AvgIpc) is 2.57. The van der Waals surface area contributed by atoms with Crippen molar-refractivity contribution in [2.45, 2.75) is 25.0 Å². The maximum atomic E-state index is 6.22. The molecule has 2 aliphatic rings. The monoisotopic (exact) mass is 333 g/mol. The van der Waals surface area contributed by atoms with E-state index < -0.39 is 0 Å². The van der Waals surface area contributed by atoms with Crippen LogP contribution < -0.4 is 5.32 Å².